The van der Waals surface area contributed by atoms with Crippen molar-refractivity contribution in [1.82, 2.24) is 0 Å². The quantitative estimate of drug-likeness (QED) is 0.892. The highest BCUT2D eigenvalue weighted by Gasteiger charge is 2.41. The molecule has 1 aromatic carbocycles. The standard InChI is InChI=1S/C14H18F3NO4/c1-13(2,3)22-12(20)18-10-7-8(21-4)5-6-9(10)11(19)14(15,16)17/h5-7,11,19H,1-4H3,(H,18,20). The van der Waals surface area contributed by atoms with Gasteiger partial charge in [-0.2, -0.15) is 13.2 Å². The summed E-state index contributed by atoms with van der Waals surface area (Å²) in [6, 6.07) is 3.46. The number of carbonyl (C=O) groups is 1. The molecule has 22 heavy (non-hydrogen) atoms. The van der Waals surface area contributed by atoms with Crippen LogP contribution in [0.25, 0.3) is 0 Å². The summed E-state index contributed by atoms with van der Waals surface area (Å²) < 4.78 is 47.9. The normalized spacial score (nSPS) is 13.5. The SMILES string of the molecule is COc1ccc(C(O)C(F)(F)F)c(NC(=O)OC(C)(C)C)c1. The molecule has 0 bridgehead atoms. The predicted molar refractivity (Wildman–Crippen MR) is 73.9 cm³/mol. The lowest BCUT2D eigenvalue weighted by Crippen LogP contribution is -2.28. The molecule has 5 nitrogen and oxygen atoms in total. The Labute approximate surface area is 126 Å². The number of methoxy groups -OCH3 is 1. The van der Waals surface area contributed by atoms with E-state index in [0.29, 0.717) is 0 Å². The summed E-state index contributed by atoms with van der Waals surface area (Å²) in [4.78, 5) is 11.7. The average Bonchev–Trinajstić information content (AvgIpc) is 2.34. The number of anilines is 1. The first kappa shape index (κ1) is 18.1. The molecule has 0 spiro atoms. The molecule has 0 heterocycles. The van der Waals surface area contributed by atoms with Crippen LogP contribution in [0.5, 0.6) is 5.75 Å². The molecule has 1 atom stereocenters. The fraction of sp³-hybridized carbons (Fsp3) is 0.500. The number of ether oxygens (including phenoxy) is 2. The highest BCUT2D eigenvalue weighted by Crippen LogP contribution is 2.37. The molecule has 0 aliphatic rings. The van der Waals surface area contributed by atoms with Gasteiger partial charge >= 0.3 is 12.3 Å². The molecule has 8 heteroatoms. The first-order chi connectivity index (χ1) is 9.94. The Morgan fingerprint density at radius 2 is 1.86 bits per heavy atom. The van der Waals surface area contributed by atoms with Crippen LogP contribution >= 0.6 is 0 Å². The Balaban J connectivity index is 3.12. The minimum atomic E-state index is -4.86. The number of nitrogens with one attached hydrogen (secondary N) is 1. The van der Waals surface area contributed by atoms with Crippen molar-refractivity contribution in [2.45, 2.75) is 38.7 Å². The van der Waals surface area contributed by atoms with E-state index < -0.39 is 29.5 Å². The summed E-state index contributed by atoms with van der Waals surface area (Å²) in [6.07, 6.45) is -8.53. The van der Waals surface area contributed by atoms with E-state index in [-0.39, 0.29) is 11.4 Å². The van der Waals surface area contributed by atoms with Crippen LogP contribution in [-0.2, 0) is 4.74 Å². The van der Waals surface area contributed by atoms with Crippen molar-refractivity contribution in [1.29, 1.82) is 0 Å². The summed E-state index contributed by atoms with van der Waals surface area (Å²) in [7, 11) is 1.33. The number of aliphatic hydroxyl groups is 1. The molecule has 1 unspecified atom stereocenters. The molecule has 0 fully saturated rings. The van der Waals surface area contributed by atoms with Crippen LogP contribution in [0.4, 0.5) is 23.7 Å². The Bertz CT molecular complexity index is 538. The number of rotatable bonds is 3. The maximum atomic E-state index is 12.7. The van der Waals surface area contributed by atoms with Gasteiger partial charge in [-0.1, -0.05) is 6.07 Å². The maximum Gasteiger partial charge on any atom is 0.418 e. The van der Waals surface area contributed by atoms with Gasteiger partial charge in [0.15, 0.2) is 6.10 Å². The Morgan fingerprint density at radius 3 is 2.32 bits per heavy atom. The Hall–Kier alpha value is -1.96. The number of hydrogen-bond acceptors (Lipinski definition) is 4. The second-order valence-electron chi connectivity index (χ2n) is 5.52. The number of halogens is 3. The van der Waals surface area contributed by atoms with E-state index in [1.54, 1.807) is 20.8 Å². The Morgan fingerprint density at radius 1 is 1.27 bits per heavy atom. The van der Waals surface area contributed by atoms with Gasteiger partial charge in [0, 0.05) is 11.6 Å². The smallest absolute Gasteiger partial charge is 0.418 e. The highest BCUT2D eigenvalue weighted by atomic mass is 19.4. The number of amides is 1. The van der Waals surface area contributed by atoms with E-state index >= 15 is 0 Å². The third-order valence-corrected chi connectivity index (χ3v) is 2.50. The fourth-order valence-corrected chi connectivity index (χ4v) is 1.60. The summed E-state index contributed by atoms with van der Waals surface area (Å²) >= 11 is 0. The number of hydrogen-bond donors (Lipinski definition) is 2. The molecule has 0 saturated carbocycles. The van der Waals surface area contributed by atoms with Gasteiger partial charge in [-0.3, -0.25) is 5.32 Å². The molecular weight excluding hydrogens is 303 g/mol. The monoisotopic (exact) mass is 321 g/mol. The van der Waals surface area contributed by atoms with Crippen LogP contribution in [0.15, 0.2) is 18.2 Å². The molecule has 1 aromatic rings. The van der Waals surface area contributed by atoms with Crippen LogP contribution < -0.4 is 10.1 Å². The summed E-state index contributed by atoms with van der Waals surface area (Å²) in [5, 5.41) is 11.6. The third-order valence-electron chi connectivity index (χ3n) is 2.50. The zero-order valence-electron chi connectivity index (χ0n) is 12.6. The number of aliphatic hydroxyl groups excluding tert-OH is 1. The van der Waals surface area contributed by atoms with E-state index in [4.69, 9.17) is 9.47 Å². The Kier molecular flexibility index (Phi) is 5.29. The first-order valence-electron chi connectivity index (χ1n) is 6.37. The molecule has 0 saturated heterocycles. The van der Waals surface area contributed by atoms with Crippen molar-refractivity contribution < 1.29 is 32.5 Å². The molecule has 0 radical (unpaired) electrons. The zero-order valence-corrected chi connectivity index (χ0v) is 12.6. The van der Waals surface area contributed by atoms with Crippen LogP contribution in [0.2, 0.25) is 0 Å². The van der Waals surface area contributed by atoms with E-state index in [0.717, 1.165) is 6.07 Å². The van der Waals surface area contributed by atoms with Crippen LogP contribution in [0, 0.1) is 0 Å². The van der Waals surface area contributed by atoms with Gasteiger partial charge in [-0.15, -0.1) is 0 Å². The van der Waals surface area contributed by atoms with Crippen molar-refractivity contribution in [2.24, 2.45) is 0 Å². The average molecular weight is 321 g/mol. The van der Waals surface area contributed by atoms with Gasteiger partial charge < -0.3 is 14.6 Å². The molecule has 0 aliphatic heterocycles. The summed E-state index contributed by atoms with van der Waals surface area (Å²) in [5.41, 5.74) is -1.55. The topological polar surface area (TPSA) is 67.8 Å². The fourth-order valence-electron chi connectivity index (χ4n) is 1.60. The molecule has 2 N–H and O–H groups in total. The predicted octanol–water partition coefficient (Wildman–Crippen LogP) is 3.64. The summed E-state index contributed by atoms with van der Waals surface area (Å²) in [5.74, 6) is 0.226. The number of alkyl halides is 3. The van der Waals surface area contributed by atoms with Gasteiger partial charge in [-0.05, 0) is 26.8 Å². The lowest BCUT2D eigenvalue weighted by atomic mass is 10.1. The van der Waals surface area contributed by atoms with Crippen molar-refractivity contribution in [3.05, 3.63) is 23.8 Å². The molecule has 124 valence electrons. The minimum Gasteiger partial charge on any atom is -0.497 e. The molecule has 0 aliphatic carbocycles. The third kappa shape index (κ3) is 5.10. The van der Waals surface area contributed by atoms with Crippen molar-refractivity contribution >= 4 is 11.8 Å². The second-order valence-corrected chi connectivity index (χ2v) is 5.52. The molecule has 1 rings (SSSR count). The van der Waals surface area contributed by atoms with Gasteiger partial charge in [0.2, 0.25) is 0 Å². The van der Waals surface area contributed by atoms with E-state index in [1.807, 2.05) is 0 Å². The lowest BCUT2D eigenvalue weighted by Gasteiger charge is -2.22. The molecular formula is C14H18F3NO4. The van der Waals surface area contributed by atoms with Crippen LogP contribution in [0.1, 0.15) is 32.4 Å². The van der Waals surface area contributed by atoms with Crippen LogP contribution in [-0.4, -0.2) is 30.1 Å². The van der Waals surface area contributed by atoms with Gasteiger partial charge in [0.05, 0.1) is 12.8 Å². The van der Waals surface area contributed by atoms with E-state index in [1.165, 1.54) is 19.2 Å². The molecule has 0 aromatic heterocycles. The summed E-state index contributed by atoms with van der Waals surface area (Å²) in [6.45, 7) is 4.84. The van der Waals surface area contributed by atoms with E-state index in [9.17, 15) is 23.1 Å². The van der Waals surface area contributed by atoms with Gasteiger partial charge in [-0.25, -0.2) is 4.79 Å². The maximum absolute atomic E-state index is 12.7. The van der Waals surface area contributed by atoms with Crippen LogP contribution in [0.3, 0.4) is 0 Å². The zero-order chi connectivity index (χ0) is 17.1. The first-order valence-corrected chi connectivity index (χ1v) is 6.37. The number of benzene rings is 1. The minimum absolute atomic E-state index is 0.226. The van der Waals surface area contributed by atoms with Crippen molar-refractivity contribution in [3.63, 3.8) is 0 Å². The lowest BCUT2D eigenvalue weighted by molar-refractivity contribution is -0.206. The largest absolute Gasteiger partial charge is 0.497 e. The van der Waals surface area contributed by atoms with E-state index in [2.05, 4.69) is 5.32 Å². The van der Waals surface area contributed by atoms with Crippen molar-refractivity contribution in [3.8, 4) is 5.75 Å². The number of carbonyl (C=O) groups excluding carboxylic acids is 1. The van der Waals surface area contributed by atoms with Crippen molar-refractivity contribution in [2.75, 3.05) is 12.4 Å². The highest BCUT2D eigenvalue weighted by molar-refractivity contribution is 5.86. The van der Waals surface area contributed by atoms with Gasteiger partial charge in [0.1, 0.15) is 11.4 Å². The second kappa shape index (κ2) is 6.43. The van der Waals surface area contributed by atoms with Gasteiger partial charge in [0.25, 0.3) is 0 Å². The molecule has 1 amide bonds.